The minimum Gasteiger partial charge on any atom is -0.294 e. The number of aromatic nitrogens is 2. The van der Waals surface area contributed by atoms with Crippen LogP contribution in [0.5, 0.6) is 0 Å². The predicted molar refractivity (Wildman–Crippen MR) is 56.9 cm³/mol. The second-order valence-electron chi connectivity index (χ2n) is 2.76. The molecule has 72 valence electrons. The van der Waals surface area contributed by atoms with Gasteiger partial charge >= 0.3 is 0 Å². The lowest BCUT2D eigenvalue weighted by Gasteiger charge is -2.01. The summed E-state index contributed by atoms with van der Waals surface area (Å²) < 4.78 is 1.53. The molecule has 0 saturated carbocycles. The summed E-state index contributed by atoms with van der Waals surface area (Å²) in [5.74, 6) is 0. The number of thiophene rings is 1. The van der Waals surface area contributed by atoms with Gasteiger partial charge in [-0.1, -0.05) is 17.7 Å². The molecule has 5 heteroatoms. The van der Waals surface area contributed by atoms with E-state index < -0.39 is 0 Å². The first-order valence-electron chi connectivity index (χ1n) is 4.00. The third-order valence-electron chi connectivity index (χ3n) is 1.75. The third kappa shape index (κ3) is 2.02. The molecule has 0 radical (unpaired) electrons. The number of rotatable bonds is 2. The van der Waals surface area contributed by atoms with E-state index in [0.717, 1.165) is 4.88 Å². The molecule has 3 nitrogen and oxygen atoms in total. The first-order chi connectivity index (χ1) is 6.75. The van der Waals surface area contributed by atoms with Crippen LogP contribution in [0, 0.1) is 0 Å². The Kier molecular flexibility index (Phi) is 2.65. The molecule has 0 bridgehead atoms. The first kappa shape index (κ1) is 9.43. The lowest BCUT2D eigenvalue weighted by molar-refractivity contribution is 0.745. The average Bonchev–Trinajstić information content (AvgIpc) is 2.62. The molecule has 0 saturated heterocycles. The summed E-state index contributed by atoms with van der Waals surface area (Å²) in [4.78, 5) is 16.4. The molecule has 2 heterocycles. The Balaban J connectivity index is 2.30. The fourth-order valence-electron chi connectivity index (χ4n) is 1.09. The van der Waals surface area contributed by atoms with Crippen LogP contribution in [0.15, 0.2) is 34.7 Å². The van der Waals surface area contributed by atoms with Gasteiger partial charge in [0.15, 0.2) is 0 Å². The Labute approximate surface area is 89.6 Å². The molecule has 2 aromatic rings. The van der Waals surface area contributed by atoms with E-state index in [1.54, 1.807) is 11.3 Å². The van der Waals surface area contributed by atoms with Crippen LogP contribution < -0.4 is 5.56 Å². The van der Waals surface area contributed by atoms with Gasteiger partial charge < -0.3 is 0 Å². The normalized spacial score (nSPS) is 10.4. The van der Waals surface area contributed by atoms with E-state index in [1.165, 1.54) is 17.0 Å². The molecule has 0 aliphatic rings. The van der Waals surface area contributed by atoms with Crippen molar-refractivity contribution >= 4 is 22.9 Å². The molecule has 0 atom stereocenters. The highest BCUT2D eigenvalue weighted by Gasteiger charge is 1.99. The quantitative estimate of drug-likeness (QED) is 0.735. The number of hydrogen-bond acceptors (Lipinski definition) is 3. The van der Waals surface area contributed by atoms with Crippen molar-refractivity contribution in [3.8, 4) is 0 Å². The number of hydrogen-bond donors (Lipinski definition) is 0. The standard InChI is InChI=1S/C9H7ClN2OS/c10-8-4-9(13)12(6-11-8)5-7-2-1-3-14-7/h1-4,6H,5H2. The van der Waals surface area contributed by atoms with E-state index in [9.17, 15) is 4.79 Å². The summed E-state index contributed by atoms with van der Waals surface area (Å²) in [5.41, 5.74) is -0.126. The molecule has 0 spiro atoms. The third-order valence-corrected chi connectivity index (χ3v) is 2.82. The maximum atomic E-state index is 11.4. The minimum absolute atomic E-state index is 0.126. The summed E-state index contributed by atoms with van der Waals surface area (Å²) in [7, 11) is 0. The predicted octanol–water partition coefficient (Wildman–Crippen LogP) is 2.01. The van der Waals surface area contributed by atoms with Crippen LogP contribution in [0.3, 0.4) is 0 Å². The Morgan fingerprint density at radius 1 is 1.57 bits per heavy atom. The van der Waals surface area contributed by atoms with Crippen LogP contribution in [-0.4, -0.2) is 9.55 Å². The van der Waals surface area contributed by atoms with Crippen molar-refractivity contribution in [2.75, 3.05) is 0 Å². The molecule has 0 N–H and O–H groups in total. The van der Waals surface area contributed by atoms with Gasteiger partial charge in [0, 0.05) is 10.9 Å². The summed E-state index contributed by atoms with van der Waals surface area (Å²) in [6.45, 7) is 0.556. The van der Waals surface area contributed by atoms with Crippen molar-refractivity contribution in [1.82, 2.24) is 9.55 Å². The molecule has 0 aromatic carbocycles. The minimum atomic E-state index is -0.126. The van der Waals surface area contributed by atoms with Crippen molar-refractivity contribution in [3.63, 3.8) is 0 Å². The van der Waals surface area contributed by atoms with Gasteiger partial charge in [-0.05, 0) is 11.4 Å². The van der Waals surface area contributed by atoms with Gasteiger partial charge in [-0.3, -0.25) is 9.36 Å². The van der Waals surface area contributed by atoms with Crippen molar-refractivity contribution in [3.05, 3.63) is 50.3 Å². The lowest BCUT2D eigenvalue weighted by Crippen LogP contribution is -2.19. The van der Waals surface area contributed by atoms with Gasteiger partial charge in [-0.15, -0.1) is 11.3 Å². The van der Waals surface area contributed by atoms with Crippen molar-refractivity contribution in [1.29, 1.82) is 0 Å². The summed E-state index contributed by atoms with van der Waals surface area (Å²) in [6, 6.07) is 5.25. The van der Waals surface area contributed by atoms with Crippen molar-refractivity contribution < 1.29 is 0 Å². The fraction of sp³-hybridized carbons (Fsp3) is 0.111. The van der Waals surface area contributed by atoms with E-state index in [0.29, 0.717) is 6.54 Å². The zero-order valence-corrected chi connectivity index (χ0v) is 8.76. The molecule has 14 heavy (non-hydrogen) atoms. The van der Waals surface area contributed by atoms with Gasteiger partial charge in [0.1, 0.15) is 5.15 Å². The van der Waals surface area contributed by atoms with Gasteiger partial charge in [-0.2, -0.15) is 0 Å². The number of nitrogens with zero attached hydrogens (tertiary/aromatic N) is 2. The van der Waals surface area contributed by atoms with Gasteiger partial charge in [0.25, 0.3) is 5.56 Å². The van der Waals surface area contributed by atoms with E-state index in [2.05, 4.69) is 4.98 Å². The summed E-state index contributed by atoms with van der Waals surface area (Å²) in [5, 5.41) is 2.21. The molecule has 0 amide bonds. The molecule has 0 aliphatic heterocycles. The maximum Gasteiger partial charge on any atom is 0.255 e. The second kappa shape index (κ2) is 3.94. The average molecular weight is 227 g/mol. The SMILES string of the molecule is O=c1cc(Cl)ncn1Cc1cccs1. The van der Waals surface area contributed by atoms with Crippen molar-refractivity contribution in [2.45, 2.75) is 6.54 Å². The molecule has 2 aromatic heterocycles. The fourth-order valence-corrected chi connectivity index (χ4v) is 1.93. The van der Waals surface area contributed by atoms with Crippen LogP contribution in [0.25, 0.3) is 0 Å². The smallest absolute Gasteiger partial charge is 0.255 e. The van der Waals surface area contributed by atoms with Gasteiger partial charge in [0.2, 0.25) is 0 Å². The molecule has 0 aliphatic carbocycles. The van der Waals surface area contributed by atoms with Gasteiger partial charge in [-0.25, -0.2) is 4.98 Å². The summed E-state index contributed by atoms with van der Waals surface area (Å²) in [6.07, 6.45) is 1.46. The Hall–Kier alpha value is -1.13. The second-order valence-corrected chi connectivity index (χ2v) is 4.18. The Morgan fingerprint density at radius 2 is 2.43 bits per heavy atom. The largest absolute Gasteiger partial charge is 0.294 e. The van der Waals surface area contributed by atoms with E-state index in [4.69, 9.17) is 11.6 Å². The monoisotopic (exact) mass is 226 g/mol. The van der Waals surface area contributed by atoms with Crippen molar-refractivity contribution in [2.24, 2.45) is 0 Å². The highest BCUT2D eigenvalue weighted by molar-refractivity contribution is 7.09. The molecule has 2 rings (SSSR count). The Bertz CT molecular complexity index is 478. The van der Waals surface area contributed by atoms with E-state index in [-0.39, 0.29) is 10.7 Å². The topological polar surface area (TPSA) is 34.9 Å². The summed E-state index contributed by atoms with van der Waals surface area (Å²) >= 11 is 7.19. The zero-order chi connectivity index (χ0) is 9.97. The van der Waals surface area contributed by atoms with Crippen LogP contribution in [0.4, 0.5) is 0 Å². The van der Waals surface area contributed by atoms with Crippen LogP contribution in [0.1, 0.15) is 4.88 Å². The molecule has 0 unspecified atom stereocenters. The van der Waals surface area contributed by atoms with Crippen LogP contribution >= 0.6 is 22.9 Å². The first-order valence-corrected chi connectivity index (χ1v) is 5.26. The van der Waals surface area contributed by atoms with Gasteiger partial charge in [0.05, 0.1) is 12.9 Å². The lowest BCUT2D eigenvalue weighted by atomic mass is 10.4. The highest BCUT2D eigenvalue weighted by atomic mass is 35.5. The highest BCUT2D eigenvalue weighted by Crippen LogP contribution is 2.09. The van der Waals surface area contributed by atoms with Crippen LogP contribution in [0.2, 0.25) is 5.15 Å². The zero-order valence-electron chi connectivity index (χ0n) is 7.18. The van der Waals surface area contributed by atoms with E-state index in [1.807, 2.05) is 17.5 Å². The maximum absolute atomic E-state index is 11.4. The van der Waals surface area contributed by atoms with Crippen LogP contribution in [-0.2, 0) is 6.54 Å². The van der Waals surface area contributed by atoms with E-state index >= 15 is 0 Å². The Morgan fingerprint density at radius 3 is 3.07 bits per heavy atom. The molecular weight excluding hydrogens is 220 g/mol. The molecule has 0 fully saturated rings. The number of halogens is 1. The molecular formula is C9H7ClN2OS.